The van der Waals surface area contributed by atoms with Crippen LogP contribution in [0.15, 0.2) is 28.7 Å². The molecule has 22 heavy (non-hydrogen) atoms. The zero-order valence-corrected chi connectivity index (χ0v) is 14.4. The second-order valence-electron chi connectivity index (χ2n) is 5.43. The summed E-state index contributed by atoms with van der Waals surface area (Å²) in [6, 6.07) is 7.41. The summed E-state index contributed by atoms with van der Waals surface area (Å²) in [7, 11) is 0. The zero-order chi connectivity index (χ0) is 15.9. The van der Waals surface area contributed by atoms with Crippen molar-refractivity contribution in [1.82, 2.24) is 15.1 Å². The lowest BCUT2D eigenvalue weighted by Crippen LogP contribution is -2.51. The van der Waals surface area contributed by atoms with Crippen LogP contribution in [0.1, 0.15) is 23.7 Å². The normalized spacial score (nSPS) is 15.6. The molecule has 1 aromatic carbocycles. The monoisotopic (exact) mass is 367 g/mol. The number of piperazine rings is 1. The summed E-state index contributed by atoms with van der Waals surface area (Å²) in [5.74, 6) is 0.122. The van der Waals surface area contributed by atoms with E-state index in [1.807, 2.05) is 36.1 Å². The highest BCUT2D eigenvalue weighted by Crippen LogP contribution is 2.13. The number of nitrogens with zero attached hydrogens (tertiary/aromatic N) is 2. The Bertz CT molecular complexity index is 511. The van der Waals surface area contributed by atoms with Gasteiger partial charge in [-0.3, -0.25) is 14.5 Å². The van der Waals surface area contributed by atoms with Gasteiger partial charge in [-0.1, -0.05) is 22.9 Å². The van der Waals surface area contributed by atoms with Crippen LogP contribution in [0.25, 0.3) is 0 Å². The molecule has 120 valence electrons. The standard InChI is InChI=1S/C16H22BrN3O2/c1-2-7-18-15(21)12-19-8-10-20(11-9-19)16(22)13-3-5-14(17)6-4-13/h3-6H,2,7-12H2,1H3,(H,18,21). The molecule has 1 fully saturated rings. The first-order valence-electron chi connectivity index (χ1n) is 7.64. The first kappa shape index (κ1) is 17.0. The van der Waals surface area contributed by atoms with Crippen LogP contribution in [0, 0.1) is 0 Å². The third-order valence-electron chi connectivity index (χ3n) is 3.69. The molecule has 0 unspecified atom stereocenters. The molecule has 0 spiro atoms. The number of amides is 2. The van der Waals surface area contributed by atoms with Gasteiger partial charge in [-0.15, -0.1) is 0 Å². The van der Waals surface area contributed by atoms with Crippen LogP contribution in [0.4, 0.5) is 0 Å². The third kappa shape index (κ3) is 4.81. The van der Waals surface area contributed by atoms with Crippen molar-refractivity contribution in [3.8, 4) is 0 Å². The van der Waals surface area contributed by atoms with Gasteiger partial charge >= 0.3 is 0 Å². The van der Waals surface area contributed by atoms with Crippen molar-refractivity contribution in [2.45, 2.75) is 13.3 Å². The van der Waals surface area contributed by atoms with Gasteiger partial charge in [0.05, 0.1) is 6.54 Å². The largest absolute Gasteiger partial charge is 0.355 e. The van der Waals surface area contributed by atoms with E-state index in [9.17, 15) is 9.59 Å². The van der Waals surface area contributed by atoms with E-state index in [-0.39, 0.29) is 11.8 Å². The summed E-state index contributed by atoms with van der Waals surface area (Å²) >= 11 is 3.37. The van der Waals surface area contributed by atoms with Crippen LogP contribution < -0.4 is 5.32 Å². The molecule has 1 saturated heterocycles. The predicted molar refractivity (Wildman–Crippen MR) is 89.8 cm³/mol. The van der Waals surface area contributed by atoms with Crippen LogP contribution in [0.3, 0.4) is 0 Å². The molecule has 0 radical (unpaired) electrons. The van der Waals surface area contributed by atoms with Gasteiger partial charge in [0.1, 0.15) is 0 Å². The van der Waals surface area contributed by atoms with Crippen molar-refractivity contribution in [3.05, 3.63) is 34.3 Å². The van der Waals surface area contributed by atoms with Gasteiger partial charge in [-0.2, -0.15) is 0 Å². The summed E-state index contributed by atoms with van der Waals surface area (Å²) in [5.41, 5.74) is 0.706. The van der Waals surface area contributed by atoms with E-state index in [4.69, 9.17) is 0 Å². The second-order valence-corrected chi connectivity index (χ2v) is 6.34. The van der Waals surface area contributed by atoms with Gasteiger partial charge in [0, 0.05) is 42.8 Å². The minimum atomic E-state index is 0.0579. The van der Waals surface area contributed by atoms with E-state index in [1.54, 1.807) is 0 Å². The van der Waals surface area contributed by atoms with Gasteiger partial charge in [0.15, 0.2) is 0 Å². The molecule has 1 N–H and O–H groups in total. The predicted octanol–water partition coefficient (Wildman–Crippen LogP) is 1.73. The molecule has 0 bridgehead atoms. The fraction of sp³-hybridized carbons (Fsp3) is 0.500. The van der Waals surface area contributed by atoms with Crippen LogP contribution >= 0.6 is 15.9 Å². The molecule has 2 rings (SSSR count). The summed E-state index contributed by atoms with van der Waals surface area (Å²) in [6.45, 7) is 5.98. The number of carbonyl (C=O) groups excluding carboxylic acids is 2. The maximum Gasteiger partial charge on any atom is 0.253 e. The maximum absolute atomic E-state index is 12.4. The molecular formula is C16H22BrN3O2. The smallest absolute Gasteiger partial charge is 0.253 e. The quantitative estimate of drug-likeness (QED) is 0.862. The van der Waals surface area contributed by atoms with E-state index in [0.29, 0.717) is 25.2 Å². The van der Waals surface area contributed by atoms with Gasteiger partial charge in [0.2, 0.25) is 5.91 Å². The molecule has 0 atom stereocenters. The maximum atomic E-state index is 12.4. The van der Waals surface area contributed by atoms with Crippen molar-refractivity contribution in [3.63, 3.8) is 0 Å². The fourth-order valence-corrected chi connectivity index (χ4v) is 2.67. The van der Waals surface area contributed by atoms with Crippen LogP contribution in [-0.2, 0) is 4.79 Å². The Morgan fingerprint density at radius 3 is 2.36 bits per heavy atom. The number of benzene rings is 1. The Hall–Kier alpha value is -1.40. The lowest BCUT2D eigenvalue weighted by Gasteiger charge is -2.34. The average Bonchev–Trinajstić information content (AvgIpc) is 2.54. The topological polar surface area (TPSA) is 52.7 Å². The first-order valence-corrected chi connectivity index (χ1v) is 8.43. The molecule has 0 aromatic heterocycles. The summed E-state index contributed by atoms with van der Waals surface area (Å²) in [4.78, 5) is 28.0. The highest BCUT2D eigenvalue weighted by atomic mass is 79.9. The molecule has 0 saturated carbocycles. The molecule has 1 aromatic rings. The number of carbonyl (C=O) groups is 2. The highest BCUT2D eigenvalue weighted by Gasteiger charge is 2.23. The minimum Gasteiger partial charge on any atom is -0.355 e. The summed E-state index contributed by atoms with van der Waals surface area (Å²) in [5, 5.41) is 2.88. The summed E-state index contributed by atoms with van der Waals surface area (Å²) in [6.07, 6.45) is 0.946. The number of hydrogen-bond donors (Lipinski definition) is 1. The molecule has 5 nitrogen and oxygen atoms in total. The Morgan fingerprint density at radius 1 is 1.14 bits per heavy atom. The molecule has 6 heteroatoms. The first-order chi connectivity index (χ1) is 10.6. The number of hydrogen-bond acceptors (Lipinski definition) is 3. The second kappa shape index (κ2) is 8.29. The Morgan fingerprint density at radius 2 is 1.77 bits per heavy atom. The van der Waals surface area contributed by atoms with Gasteiger partial charge in [0.25, 0.3) is 5.91 Å². The summed E-state index contributed by atoms with van der Waals surface area (Å²) < 4.78 is 0.965. The number of nitrogens with one attached hydrogen (secondary N) is 1. The molecular weight excluding hydrogens is 346 g/mol. The lowest BCUT2D eigenvalue weighted by molar-refractivity contribution is -0.122. The molecule has 0 aliphatic carbocycles. The van der Waals surface area contributed by atoms with Crippen LogP contribution in [-0.4, -0.2) is 60.9 Å². The Labute approximate surface area is 139 Å². The Balaban J connectivity index is 1.80. The van der Waals surface area contributed by atoms with Crippen molar-refractivity contribution in [2.24, 2.45) is 0 Å². The average molecular weight is 368 g/mol. The van der Waals surface area contributed by atoms with Gasteiger partial charge in [-0.25, -0.2) is 0 Å². The van der Waals surface area contributed by atoms with Gasteiger partial charge in [-0.05, 0) is 30.7 Å². The van der Waals surface area contributed by atoms with Crippen LogP contribution in [0.2, 0.25) is 0 Å². The van der Waals surface area contributed by atoms with Crippen LogP contribution in [0.5, 0.6) is 0 Å². The van der Waals surface area contributed by atoms with E-state index >= 15 is 0 Å². The highest BCUT2D eigenvalue weighted by molar-refractivity contribution is 9.10. The zero-order valence-electron chi connectivity index (χ0n) is 12.8. The van der Waals surface area contributed by atoms with Gasteiger partial charge < -0.3 is 10.2 Å². The van der Waals surface area contributed by atoms with E-state index < -0.39 is 0 Å². The van der Waals surface area contributed by atoms with E-state index in [1.165, 1.54) is 0 Å². The fourth-order valence-electron chi connectivity index (χ4n) is 2.41. The van der Waals surface area contributed by atoms with E-state index in [2.05, 4.69) is 26.1 Å². The molecule has 1 heterocycles. The van der Waals surface area contributed by atoms with Crippen molar-refractivity contribution < 1.29 is 9.59 Å². The molecule has 1 aliphatic rings. The number of halogens is 1. The third-order valence-corrected chi connectivity index (χ3v) is 4.22. The Kier molecular flexibility index (Phi) is 6.39. The molecule has 1 aliphatic heterocycles. The number of rotatable bonds is 5. The van der Waals surface area contributed by atoms with E-state index in [0.717, 1.165) is 30.5 Å². The lowest BCUT2D eigenvalue weighted by atomic mass is 10.2. The van der Waals surface area contributed by atoms with Crippen molar-refractivity contribution >= 4 is 27.7 Å². The van der Waals surface area contributed by atoms with Crippen molar-refractivity contribution in [2.75, 3.05) is 39.3 Å². The minimum absolute atomic E-state index is 0.0579. The SMILES string of the molecule is CCCNC(=O)CN1CCN(C(=O)c2ccc(Br)cc2)CC1. The van der Waals surface area contributed by atoms with Crippen molar-refractivity contribution in [1.29, 1.82) is 0 Å². The molecule has 2 amide bonds.